The highest BCUT2D eigenvalue weighted by Crippen LogP contribution is 2.30. The highest BCUT2D eigenvalue weighted by molar-refractivity contribution is 5.97. The number of hydrogen-bond donors (Lipinski definition) is 3. The predicted octanol–water partition coefficient (Wildman–Crippen LogP) is 2.45. The molecule has 1 saturated carbocycles. The molecule has 2 unspecified atom stereocenters. The first-order chi connectivity index (χ1) is 9.60. The molecule has 0 aliphatic heterocycles. The van der Waals surface area contributed by atoms with E-state index >= 15 is 0 Å². The van der Waals surface area contributed by atoms with Crippen molar-refractivity contribution in [2.45, 2.75) is 32.7 Å². The molecule has 1 aromatic rings. The van der Waals surface area contributed by atoms with Gasteiger partial charge in [0.25, 0.3) is 0 Å². The third kappa shape index (κ3) is 3.70. The van der Waals surface area contributed by atoms with Gasteiger partial charge in [0.1, 0.15) is 5.82 Å². The Balaban J connectivity index is 1.94. The number of oxime groups is 1. The Morgan fingerprint density at radius 2 is 2.25 bits per heavy atom. The zero-order chi connectivity index (χ0) is 14.5. The summed E-state index contributed by atoms with van der Waals surface area (Å²) in [4.78, 5) is 0. The summed E-state index contributed by atoms with van der Waals surface area (Å²) in [6.07, 6.45) is 3.88. The van der Waals surface area contributed by atoms with Crippen LogP contribution in [0.4, 0.5) is 4.39 Å². The van der Waals surface area contributed by atoms with E-state index in [1.54, 1.807) is 6.07 Å². The van der Waals surface area contributed by atoms with Crippen molar-refractivity contribution in [2.75, 3.05) is 6.54 Å². The average Bonchev–Trinajstić information content (AvgIpc) is 2.83. The van der Waals surface area contributed by atoms with Crippen molar-refractivity contribution in [2.24, 2.45) is 22.7 Å². The second-order valence-electron chi connectivity index (χ2n) is 5.63. The Morgan fingerprint density at radius 1 is 1.45 bits per heavy atom. The summed E-state index contributed by atoms with van der Waals surface area (Å²) in [6, 6.07) is 4.47. The minimum absolute atomic E-state index is 0.0739. The van der Waals surface area contributed by atoms with Crippen LogP contribution in [0.1, 0.15) is 37.3 Å². The summed E-state index contributed by atoms with van der Waals surface area (Å²) in [7, 11) is 0. The van der Waals surface area contributed by atoms with Crippen molar-refractivity contribution in [3.63, 3.8) is 0 Å². The SMILES string of the molecule is CC1CCCC1CNCc1cc(F)cc(/C(N)=N/O)c1. The van der Waals surface area contributed by atoms with Gasteiger partial charge in [-0.25, -0.2) is 4.39 Å². The zero-order valence-electron chi connectivity index (χ0n) is 11.8. The van der Waals surface area contributed by atoms with Crippen LogP contribution < -0.4 is 11.1 Å². The van der Waals surface area contributed by atoms with Gasteiger partial charge in [0, 0.05) is 12.1 Å². The molecule has 1 fully saturated rings. The highest BCUT2D eigenvalue weighted by atomic mass is 19.1. The maximum Gasteiger partial charge on any atom is 0.170 e. The van der Waals surface area contributed by atoms with E-state index < -0.39 is 0 Å². The normalized spacial score (nSPS) is 23.2. The molecule has 5 heteroatoms. The van der Waals surface area contributed by atoms with Crippen LogP contribution in [0.15, 0.2) is 23.4 Å². The molecule has 0 amide bonds. The first kappa shape index (κ1) is 14.8. The molecule has 1 aromatic carbocycles. The van der Waals surface area contributed by atoms with Gasteiger partial charge in [-0.15, -0.1) is 0 Å². The maximum atomic E-state index is 13.5. The first-order valence-electron chi connectivity index (χ1n) is 7.08. The molecule has 0 radical (unpaired) electrons. The molecule has 1 aliphatic carbocycles. The minimum Gasteiger partial charge on any atom is -0.409 e. The summed E-state index contributed by atoms with van der Waals surface area (Å²) in [5.41, 5.74) is 6.70. The molecule has 4 nitrogen and oxygen atoms in total. The van der Waals surface area contributed by atoms with Gasteiger partial charge in [-0.3, -0.25) is 0 Å². The lowest BCUT2D eigenvalue weighted by Gasteiger charge is -2.16. The van der Waals surface area contributed by atoms with Gasteiger partial charge in [-0.2, -0.15) is 0 Å². The van der Waals surface area contributed by atoms with Crippen molar-refractivity contribution < 1.29 is 9.60 Å². The number of nitrogens with two attached hydrogens (primary N) is 1. The van der Waals surface area contributed by atoms with Crippen molar-refractivity contribution in [1.82, 2.24) is 5.32 Å². The van der Waals surface area contributed by atoms with E-state index in [4.69, 9.17) is 10.9 Å². The molecule has 0 spiro atoms. The van der Waals surface area contributed by atoms with E-state index in [1.165, 1.54) is 31.4 Å². The Morgan fingerprint density at radius 3 is 2.90 bits per heavy atom. The van der Waals surface area contributed by atoms with Crippen molar-refractivity contribution >= 4 is 5.84 Å². The van der Waals surface area contributed by atoms with Gasteiger partial charge >= 0.3 is 0 Å². The third-order valence-corrected chi connectivity index (χ3v) is 4.14. The van der Waals surface area contributed by atoms with E-state index in [9.17, 15) is 4.39 Å². The lowest BCUT2D eigenvalue weighted by molar-refractivity contribution is 0.318. The highest BCUT2D eigenvalue weighted by Gasteiger charge is 2.22. The second-order valence-corrected chi connectivity index (χ2v) is 5.63. The molecule has 0 heterocycles. The van der Waals surface area contributed by atoms with E-state index in [0.717, 1.165) is 18.0 Å². The molecule has 0 aromatic heterocycles. The molecule has 2 atom stereocenters. The van der Waals surface area contributed by atoms with Crippen LogP contribution in [0.3, 0.4) is 0 Å². The summed E-state index contributed by atoms with van der Waals surface area (Å²) in [5.74, 6) is 1.03. The zero-order valence-corrected chi connectivity index (χ0v) is 11.8. The maximum absolute atomic E-state index is 13.5. The molecule has 4 N–H and O–H groups in total. The number of hydrogen-bond acceptors (Lipinski definition) is 3. The van der Waals surface area contributed by atoms with Crippen LogP contribution in [-0.2, 0) is 6.54 Å². The Kier molecular flexibility index (Phi) is 4.95. The summed E-state index contributed by atoms with van der Waals surface area (Å²) < 4.78 is 13.5. The smallest absolute Gasteiger partial charge is 0.170 e. The largest absolute Gasteiger partial charge is 0.409 e. The Hall–Kier alpha value is -1.62. The van der Waals surface area contributed by atoms with Gasteiger partial charge in [0.2, 0.25) is 0 Å². The molecule has 0 bridgehead atoms. The fourth-order valence-corrected chi connectivity index (χ4v) is 2.89. The van der Waals surface area contributed by atoms with Crippen molar-refractivity contribution in [3.8, 4) is 0 Å². The lowest BCUT2D eigenvalue weighted by Crippen LogP contribution is -2.24. The van der Waals surface area contributed by atoms with E-state index in [0.29, 0.717) is 18.0 Å². The van der Waals surface area contributed by atoms with Crippen LogP contribution in [0.25, 0.3) is 0 Å². The minimum atomic E-state index is -0.375. The Bertz CT molecular complexity index is 490. The topological polar surface area (TPSA) is 70.6 Å². The molecule has 2 rings (SSSR count). The molecular weight excluding hydrogens is 257 g/mol. The van der Waals surface area contributed by atoms with Crippen LogP contribution in [0.2, 0.25) is 0 Å². The molecular formula is C15H22FN3O. The summed E-state index contributed by atoms with van der Waals surface area (Å²) in [5, 5.41) is 14.9. The van der Waals surface area contributed by atoms with E-state index in [1.807, 2.05) is 0 Å². The molecule has 20 heavy (non-hydrogen) atoms. The van der Waals surface area contributed by atoms with Crippen LogP contribution >= 0.6 is 0 Å². The fraction of sp³-hybridized carbons (Fsp3) is 0.533. The summed E-state index contributed by atoms with van der Waals surface area (Å²) >= 11 is 0. The molecule has 0 saturated heterocycles. The number of rotatable bonds is 5. The van der Waals surface area contributed by atoms with Gasteiger partial charge in [-0.1, -0.05) is 24.9 Å². The monoisotopic (exact) mass is 279 g/mol. The molecule has 1 aliphatic rings. The second kappa shape index (κ2) is 6.70. The standard InChI is InChI=1S/C15H22FN3O/c1-10-3-2-4-12(10)9-18-8-11-5-13(15(17)19-20)7-14(16)6-11/h5-7,10,12,18,20H,2-4,8-9H2,1H3,(H2,17,19). The number of halogens is 1. The summed E-state index contributed by atoms with van der Waals surface area (Å²) in [6.45, 7) is 3.83. The van der Waals surface area contributed by atoms with Crippen molar-refractivity contribution in [1.29, 1.82) is 0 Å². The van der Waals surface area contributed by atoms with Gasteiger partial charge < -0.3 is 16.3 Å². The lowest BCUT2D eigenvalue weighted by atomic mass is 9.98. The predicted molar refractivity (Wildman–Crippen MR) is 77.1 cm³/mol. The van der Waals surface area contributed by atoms with Crippen molar-refractivity contribution in [3.05, 3.63) is 35.1 Å². The number of nitrogens with one attached hydrogen (secondary N) is 1. The van der Waals surface area contributed by atoms with Crippen LogP contribution in [-0.4, -0.2) is 17.6 Å². The third-order valence-electron chi connectivity index (χ3n) is 4.14. The number of amidine groups is 1. The molecule has 110 valence electrons. The Labute approximate surface area is 118 Å². The van der Waals surface area contributed by atoms with Crippen LogP contribution in [0.5, 0.6) is 0 Å². The van der Waals surface area contributed by atoms with Gasteiger partial charge in [0.15, 0.2) is 5.84 Å². The van der Waals surface area contributed by atoms with Crippen LogP contribution in [0, 0.1) is 17.7 Å². The quantitative estimate of drug-likeness (QED) is 0.335. The van der Waals surface area contributed by atoms with E-state index in [2.05, 4.69) is 17.4 Å². The number of benzene rings is 1. The van der Waals surface area contributed by atoms with Gasteiger partial charge in [0.05, 0.1) is 0 Å². The van der Waals surface area contributed by atoms with E-state index in [-0.39, 0.29) is 11.7 Å². The number of nitrogens with zero attached hydrogens (tertiary/aromatic N) is 1. The van der Waals surface area contributed by atoms with Gasteiger partial charge in [-0.05, 0) is 48.6 Å². The first-order valence-corrected chi connectivity index (χ1v) is 7.08. The fourth-order valence-electron chi connectivity index (χ4n) is 2.89. The average molecular weight is 279 g/mol.